The second kappa shape index (κ2) is 6.32. The molecule has 1 atom stereocenters. The highest BCUT2D eigenvalue weighted by molar-refractivity contribution is 5.93. The van der Waals surface area contributed by atoms with E-state index in [1.807, 2.05) is 6.92 Å². The summed E-state index contributed by atoms with van der Waals surface area (Å²) in [4.78, 5) is 15.5. The van der Waals surface area contributed by atoms with Crippen LogP contribution in [0.5, 0.6) is 0 Å². The first-order valence-corrected chi connectivity index (χ1v) is 5.80. The van der Waals surface area contributed by atoms with E-state index in [0.717, 1.165) is 0 Å². The molecule has 0 fully saturated rings. The SMILES string of the molecule is CCNC(=O)c1cc(NCC(C)(O)CO)ccn1. The maximum atomic E-state index is 11.6. The van der Waals surface area contributed by atoms with Crippen LogP contribution in [0.2, 0.25) is 0 Å². The molecule has 1 aromatic rings. The molecule has 0 spiro atoms. The van der Waals surface area contributed by atoms with Crippen LogP contribution in [0, 0.1) is 0 Å². The van der Waals surface area contributed by atoms with E-state index in [1.165, 1.54) is 13.1 Å². The number of anilines is 1. The molecule has 0 saturated carbocycles. The number of carbonyl (C=O) groups excluding carboxylic acids is 1. The van der Waals surface area contributed by atoms with E-state index in [9.17, 15) is 9.90 Å². The van der Waals surface area contributed by atoms with Crippen molar-refractivity contribution < 1.29 is 15.0 Å². The van der Waals surface area contributed by atoms with Crippen LogP contribution in [0.4, 0.5) is 5.69 Å². The average Bonchev–Trinajstić information content (AvgIpc) is 2.37. The van der Waals surface area contributed by atoms with Gasteiger partial charge in [0.2, 0.25) is 0 Å². The summed E-state index contributed by atoms with van der Waals surface area (Å²) in [6, 6.07) is 3.29. The molecular weight excluding hydrogens is 234 g/mol. The van der Waals surface area contributed by atoms with E-state index in [1.54, 1.807) is 12.1 Å². The second-order valence-corrected chi connectivity index (χ2v) is 4.30. The van der Waals surface area contributed by atoms with Crippen LogP contribution < -0.4 is 10.6 Å². The third-order valence-corrected chi connectivity index (χ3v) is 2.34. The van der Waals surface area contributed by atoms with Crippen molar-refractivity contribution in [3.8, 4) is 0 Å². The minimum absolute atomic E-state index is 0.183. The first kappa shape index (κ1) is 14.4. The third kappa shape index (κ3) is 4.31. The lowest BCUT2D eigenvalue weighted by molar-refractivity contribution is 0.0132. The van der Waals surface area contributed by atoms with E-state index >= 15 is 0 Å². The zero-order chi connectivity index (χ0) is 13.6. The summed E-state index contributed by atoms with van der Waals surface area (Å²) < 4.78 is 0. The van der Waals surface area contributed by atoms with Crippen molar-refractivity contribution in [3.05, 3.63) is 24.0 Å². The average molecular weight is 253 g/mol. The van der Waals surface area contributed by atoms with E-state index < -0.39 is 5.60 Å². The van der Waals surface area contributed by atoms with Gasteiger partial charge < -0.3 is 20.8 Å². The summed E-state index contributed by atoms with van der Waals surface area (Å²) in [6.45, 7) is 3.73. The minimum atomic E-state index is -1.20. The number of aliphatic hydroxyl groups is 2. The lowest BCUT2D eigenvalue weighted by atomic mass is 10.1. The summed E-state index contributed by atoms with van der Waals surface area (Å²) in [5.74, 6) is -0.241. The fourth-order valence-electron chi connectivity index (χ4n) is 1.26. The number of nitrogens with zero attached hydrogens (tertiary/aromatic N) is 1. The highest BCUT2D eigenvalue weighted by atomic mass is 16.3. The Morgan fingerprint density at radius 2 is 2.28 bits per heavy atom. The Balaban J connectivity index is 2.68. The molecule has 0 aliphatic rings. The molecule has 1 aromatic heterocycles. The van der Waals surface area contributed by atoms with Gasteiger partial charge in [-0.05, 0) is 26.0 Å². The number of rotatable bonds is 6. The summed E-state index contributed by atoms with van der Waals surface area (Å²) >= 11 is 0. The lowest BCUT2D eigenvalue weighted by Crippen LogP contribution is -2.37. The molecule has 0 aliphatic heterocycles. The zero-order valence-corrected chi connectivity index (χ0v) is 10.6. The fraction of sp³-hybridized carbons (Fsp3) is 0.500. The quantitative estimate of drug-likeness (QED) is 0.572. The van der Waals surface area contributed by atoms with Crippen molar-refractivity contribution in [1.82, 2.24) is 10.3 Å². The maximum absolute atomic E-state index is 11.6. The number of nitrogens with one attached hydrogen (secondary N) is 2. The lowest BCUT2D eigenvalue weighted by Gasteiger charge is -2.21. The van der Waals surface area contributed by atoms with E-state index in [0.29, 0.717) is 17.9 Å². The molecule has 100 valence electrons. The minimum Gasteiger partial charge on any atom is -0.393 e. The summed E-state index contributed by atoms with van der Waals surface area (Å²) in [5, 5.41) is 24.2. The predicted octanol–water partition coefficient (Wildman–Crippen LogP) is -0.0135. The van der Waals surface area contributed by atoms with Gasteiger partial charge in [-0.25, -0.2) is 0 Å². The molecule has 4 N–H and O–H groups in total. The van der Waals surface area contributed by atoms with Gasteiger partial charge in [0.25, 0.3) is 5.91 Å². The van der Waals surface area contributed by atoms with Crippen LogP contribution in [-0.2, 0) is 0 Å². The van der Waals surface area contributed by atoms with Crippen LogP contribution in [0.15, 0.2) is 18.3 Å². The van der Waals surface area contributed by atoms with Gasteiger partial charge in [0.15, 0.2) is 0 Å². The van der Waals surface area contributed by atoms with Gasteiger partial charge in [-0.15, -0.1) is 0 Å². The van der Waals surface area contributed by atoms with Crippen molar-refractivity contribution in [2.75, 3.05) is 25.0 Å². The maximum Gasteiger partial charge on any atom is 0.269 e. The Hall–Kier alpha value is -1.66. The third-order valence-electron chi connectivity index (χ3n) is 2.34. The number of hydrogen-bond donors (Lipinski definition) is 4. The molecule has 0 radical (unpaired) electrons. The van der Waals surface area contributed by atoms with Crippen molar-refractivity contribution in [1.29, 1.82) is 0 Å². The zero-order valence-electron chi connectivity index (χ0n) is 10.6. The molecule has 0 saturated heterocycles. The highest BCUT2D eigenvalue weighted by Gasteiger charge is 2.18. The Morgan fingerprint density at radius 1 is 1.56 bits per heavy atom. The molecule has 0 aromatic carbocycles. The molecule has 18 heavy (non-hydrogen) atoms. The summed E-state index contributed by atoms with van der Waals surface area (Å²) in [5.41, 5.74) is -0.222. The topological polar surface area (TPSA) is 94.5 Å². The summed E-state index contributed by atoms with van der Waals surface area (Å²) in [6.07, 6.45) is 1.51. The first-order valence-electron chi connectivity index (χ1n) is 5.80. The van der Waals surface area contributed by atoms with Crippen molar-refractivity contribution in [2.24, 2.45) is 0 Å². The van der Waals surface area contributed by atoms with Crippen molar-refractivity contribution in [3.63, 3.8) is 0 Å². The molecular formula is C12H19N3O3. The Labute approximate surface area is 106 Å². The number of carbonyl (C=O) groups is 1. The smallest absolute Gasteiger partial charge is 0.269 e. The van der Waals surface area contributed by atoms with Gasteiger partial charge in [0.05, 0.1) is 6.61 Å². The normalized spacial score (nSPS) is 13.8. The largest absolute Gasteiger partial charge is 0.393 e. The molecule has 1 rings (SSSR count). The van der Waals surface area contributed by atoms with Gasteiger partial charge in [-0.2, -0.15) is 0 Å². The number of aliphatic hydroxyl groups excluding tert-OH is 1. The Morgan fingerprint density at radius 3 is 2.89 bits per heavy atom. The Bertz CT molecular complexity index is 407. The van der Waals surface area contributed by atoms with Gasteiger partial charge in [-0.1, -0.05) is 0 Å². The monoisotopic (exact) mass is 253 g/mol. The van der Waals surface area contributed by atoms with Crippen LogP contribution >= 0.6 is 0 Å². The van der Waals surface area contributed by atoms with Crippen LogP contribution in [0.1, 0.15) is 24.3 Å². The second-order valence-electron chi connectivity index (χ2n) is 4.30. The number of aromatic nitrogens is 1. The highest BCUT2D eigenvalue weighted by Crippen LogP contribution is 2.10. The standard InChI is InChI=1S/C12H19N3O3/c1-3-13-11(17)10-6-9(4-5-14-10)15-7-12(2,18)8-16/h4-6,16,18H,3,7-8H2,1-2H3,(H,13,17)(H,14,15). The van der Waals surface area contributed by atoms with Gasteiger partial charge in [0.1, 0.15) is 11.3 Å². The summed E-state index contributed by atoms with van der Waals surface area (Å²) in [7, 11) is 0. The van der Waals surface area contributed by atoms with Gasteiger partial charge in [-0.3, -0.25) is 9.78 Å². The molecule has 6 heteroatoms. The van der Waals surface area contributed by atoms with Crippen LogP contribution in [0.25, 0.3) is 0 Å². The molecule has 1 heterocycles. The Kier molecular flexibility index (Phi) is 5.06. The predicted molar refractivity (Wildman–Crippen MR) is 68.4 cm³/mol. The molecule has 0 bridgehead atoms. The number of hydrogen-bond acceptors (Lipinski definition) is 5. The molecule has 1 unspecified atom stereocenters. The molecule has 6 nitrogen and oxygen atoms in total. The number of pyridine rings is 1. The molecule has 0 aliphatic carbocycles. The van der Waals surface area contributed by atoms with Gasteiger partial charge >= 0.3 is 0 Å². The van der Waals surface area contributed by atoms with Crippen LogP contribution in [0.3, 0.4) is 0 Å². The first-order chi connectivity index (χ1) is 8.48. The van der Waals surface area contributed by atoms with Gasteiger partial charge in [0, 0.05) is 25.0 Å². The van der Waals surface area contributed by atoms with Crippen molar-refractivity contribution in [2.45, 2.75) is 19.4 Å². The van der Waals surface area contributed by atoms with Crippen LogP contribution in [-0.4, -0.2) is 46.4 Å². The van der Waals surface area contributed by atoms with E-state index in [4.69, 9.17) is 5.11 Å². The van der Waals surface area contributed by atoms with E-state index in [-0.39, 0.29) is 19.1 Å². The molecule has 1 amide bonds. The van der Waals surface area contributed by atoms with E-state index in [2.05, 4.69) is 15.6 Å². The van der Waals surface area contributed by atoms with Crippen molar-refractivity contribution >= 4 is 11.6 Å². The fourth-order valence-corrected chi connectivity index (χ4v) is 1.26. The number of amides is 1.